The van der Waals surface area contributed by atoms with Crippen molar-refractivity contribution in [2.75, 3.05) is 13.1 Å². The molecule has 2 amide bonds. The van der Waals surface area contributed by atoms with Crippen molar-refractivity contribution in [1.29, 1.82) is 0 Å². The Labute approximate surface area is 181 Å². The van der Waals surface area contributed by atoms with E-state index in [0.29, 0.717) is 31.1 Å². The first kappa shape index (κ1) is 20.5. The van der Waals surface area contributed by atoms with Gasteiger partial charge in [0.15, 0.2) is 0 Å². The van der Waals surface area contributed by atoms with Crippen molar-refractivity contribution in [2.24, 2.45) is 5.92 Å². The number of nitrogens with zero attached hydrogens (tertiary/aromatic N) is 2. The molecule has 1 unspecified atom stereocenters. The second-order valence-corrected chi connectivity index (χ2v) is 9.06. The minimum Gasteiger partial charge on any atom is -0.350 e. The summed E-state index contributed by atoms with van der Waals surface area (Å²) in [4.78, 5) is 32.4. The van der Waals surface area contributed by atoms with Crippen molar-refractivity contribution >= 4 is 33.9 Å². The summed E-state index contributed by atoms with van der Waals surface area (Å²) in [6, 6.07) is 13.7. The molecular weight excluding hydrogens is 394 g/mol. The van der Waals surface area contributed by atoms with Crippen molar-refractivity contribution in [1.82, 2.24) is 15.2 Å². The molecule has 1 fully saturated rings. The summed E-state index contributed by atoms with van der Waals surface area (Å²) in [5.74, 6) is 0.224. The Morgan fingerprint density at radius 2 is 2.00 bits per heavy atom. The fraction of sp³-hybridized carbons (Fsp3) is 0.375. The Bertz CT molecular complexity index is 1050. The molecule has 3 aromatic rings. The number of hydrogen-bond acceptors (Lipinski definition) is 4. The maximum absolute atomic E-state index is 13.2. The van der Waals surface area contributed by atoms with Crippen molar-refractivity contribution in [3.8, 4) is 0 Å². The number of aromatic nitrogens is 1. The Kier molecular flexibility index (Phi) is 6.13. The van der Waals surface area contributed by atoms with Gasteiger partial charge in [-0.3, -0.25) is 9.59 Å². The predicted molar refractivity (Wildman–Crippen MR) is 121 cm³/mol. The fourth-order valence-corrected chi connectivity index (χ4v) is 4.78. The SMILES string of the molecule is CC(C)c1nc(CNC(=O)C2CCCN(C(=O)c3cccc4ccccc34)C2)cs1. The molecule has 156 valence electrons. The van der Waals surface area contributed by atoms with E-state index in [1.165, 1.54) is 0 Å². The zero-order chi connectivity index (χ0) is 21.1. The van der Waals surface area contributed by atoms with Crippen LogP contribution in [0.2, 0.25) is 0 Å². The standard InChI is InChI=1S/C24H27N3O2S/c1-16(2)23-26-19(15-30-23)13-25-22(28)18-9-6-12-27(14-18)24(29)21-11-5-8-17-7-3-4-10-20(17)21/h3-5,7-8,10-11,15-16,18H,6,9,12-14H2,1-2H3,(H,25,28). The van der Waals surface area contributed by atoms with Crippen LogP contribution in [-0.4, -0.2) is 34.8 Å². The van der Waals surface area contributed by atoms with Crippen LogP contribution in [0.1, 0.15) is 53.7 Å². The minimum absolute atomic E-state index is 0.00418. The second-order valence-electron chi connectivity index (χ2n) is 8.17. The van der Waals surface area contributed by atoms with Gasteiger partial charge in [0.1, 0.15) is 0 Å². The van der Waals surface area contributed by atoms with Gasteiger partial charge < -0.3 is 10.2 Å². The highest BCUT2D eigenvalue weighted by molar-refractivity contribution is 7.09. The first-order valence-corrected chi connectivity index (χ1v) is 11.4. The number of piperidine rings is 1. The first-order valence-electron chi connectivity index (χ1n) is 10.5. The highest BCUT2D eigenvalue weighted by Crippen LogP contribution is 2.24. The van der Waals surface area contributed by atoms with E-state index >= 15 is 0 Å². The number of carbonyl (C=O) groups excluding carboxylic acids is 2. The third-order valence-electron chi connectivity index (χ3n) is 5.61. The Morgan fingerprint density at radius 1 is 1.20 bits per heavy atom. The molecule has 1 aliphatic heterocycles. The molecule has 0 saturated carbocycles. The van der Waals surface area contributed by atoms with Crippen LogP contribution in [0.3, 0.4) is 0 Å². The molecule has 1 N–H and O–H groups in total. The van der Waals surface area contributed by atoms with Crippen LogP contribution in [0.15, 0.2) is 47.8 Å². The average molecular weight is 422 g/mol. The Hall–Kier alpha value is -2.73. The topological polar surface area (TPSA) is 62.3 Å². The molecule has 1 aliphatic rings. The summed E-state index contributed by atoms with van der Waals surface area (Å²) >= 11 is 1.63. The number of thiazole rings is 1. The van der Waals surface area contributed by atoms with Crippen LogP contribution in [-0.2, 0) is 11.3 Å². The van der Waals surface area contributed by atoms with Gasteiger partial charge in [-0.1, -0.05) is 50.2 Å². The second kappa shape index (κ2) is 8.96. The van der Waals surface area contributed by atoms with E-state index < -0.39 is 0 Å². The molecular formula is C24H27N3O2S. The molecule has 1 aromatic heterocycles. The lowest BCUT2D eigenvalue weighted by Gasteiger charge is -2.32. The molecule has 0 radical (unpaired) electrons. The lowest BCUT2D eigenvalue weighted by Crippen LogP contribution is -2.45. The van der Waals surface area contributed by atoms with Gasteiger partial charge >= 0.3 is 0 Å². The van der Waals surface area contributed by atoms with Gasteiger partial charge in [-0.15, -0.1) is 11.3 Å². The third kappa shape index (κ3) is 4.38. The molecule has 0 aliphatic carbocycles. The van der Waals surface area contributed by atoms with Crippen LogP contribution in [0, 0.1) is 5.92 Å². The number of amides is 2. The van der Waals surface area contributed by atoms with E-state index in [9.17, 15) is 9.59 Å². The minimum atomic E-state index is -0.180. The van der Waals surface area contributed by atoms with Crippen molar-refractivity contribution in [3.63, 3.8) is 0 Å². The van der Waals surface area contributed by atoms with E-state index in [-0.39, 0.29) is 17.7 Å². The van der Waals surface area contributed by atoms with E-state index in [1.807, 2.05) is 52.7 Å². The summed E-state index contributed by atoms with van der Waals surface area (Å²) in [7, 11) is 0. The number of nitrogens with one attached hydrogen (secondary N) is 1. The average Bonchev–Trinajstić information content (AvgIpc) is 3.26. The number of hydrogen-bond donors (Lipinski definition) is 1. The van der Waals surface area contributed by atoms with Gasteiger partial charge in [0.25, 0.3) is 5.91 Å². The molecule has 4 rings (SSSR count). The molecule has 2 aromatic carbocycles. The van der Waals surface area contributed by atoms with Gasteiger partial charge in [-0.05, 0) is 29.7 Å². The lowest BCUT2D eigenvalue weighted by molar-refractivity contribution is -0.126. The number of carbonyl (C=O) groups is 2. The predicted octanol–water partition coefficient (Wildman–Crippen LogP) is 4.59. The summed E-state index contributed by atoms with van der Waals surface area (Å²) < 4.78 is 0. The van der Waals surface area contributed by atoms with Crippen LogP contribution in [0.25, 0.3) is 10.8 Å². The number of rotatable bonds is 5. The molecule has 0 spiro atoms. The zero-order valence-corrected chi connectivity index (χ0v) is 18.2. The monoisotopic (exact) mass is 421 g/mol. The molecule has 30 heavy (non-hydrogen) atoms. The summed E-state index contributed by atoms with van der Waals surface area (Å²) in [6.45, 7) is 5.82. The van der Waals surface area contributed by atoms with E-state index in [4.69, 9.17) is 0 Å². The number of benzene rings is 2. The first-order chi connectivity index (χ1) is 14.5. The smallest absolute Gasteiger partial charge is 0.254 e. The Balaban J connectivity index is 1.41. The summed E-state index contributed by atoms with van der Waals surface area (Å²) in [6.07, 6.45) is 1.64. The largest absolute Gasteiger partial charge is 0.350 e. The number of fused-ring (bicyclic) bond motifs is 1. The Morgan fingerprint density at radius 3 is 2.80 bits per heavy atom. The van der Waals surface area contributed by atoms with E-state index in [1.54, 1.807) is 11.3 Å². The molecule has 2 heterocycles. The van der Waals surface area contributed by atoms with Crippen molar-refractivity contribution in [2.45, 2.75) is 39.2 Å². The summed E-state index contributed by atoms with van der Waals surface area (Å²) in [5.41, 5.74) is 1.61. The normalized spacial score (nSPS) is 16.8. The maximum Gasteiger partial charge on any atom is 0.254 e. The van der Waals surface area contributed by atoms with Gasteiger partial charge in [0, 0.05) is 30.0 Å². The highest BCUT2D eigenvalue weighted by Gasteiger charge is 2.29. The van der Waals surface area contributed by atoms with Gasteiger partial charge in [0.2, 0.25) is 5.91 Å². The molecule has 6 heteroatoms. The number of likely N-dealkylation sites (tertiary alicyclic amines) is 1. The molecule has 1 atom stereocenters. The van der Waals surface area contributed by atoms with Crippen LogP contribution in [0.4, 0.5) is 0 Å². The molecule has 1 saturated heterocycles. The van der Waals surface area contributed by atoms with Crippen LogP contribution < -0.4 is 5.32 Å². The van der Waals surface area contributed by atoms with E-state index in [2.05, 4.69) is 24.1 Å². The zero-order valence-electron chi connectivity index (χ0n) is 17.4. The summed E-state index contributed by atoms with van der Waals surface area (Å²) in [5, 5.41) is 8.12. The molecule has 0 bridgehead atoms. The van der Waals surface area contributed by atoms with Crippen LogP contribution >= 0.6 is 11.3 Å². The highest BCUT2D eigenvalue weighted by atomic mass is 32.1. The van der Waals surface area contributed by atoms with Crippen molar-refractivity contribution < 1.29 is 9.59 Å². The lowest BCUT2D eigenvalue weighted by atomic mass is 9.95. The van der Waals surface area contributed by atoms with Crippen LogP contribution in [0.5, 0.6) is 0 Å². The third-order valence-corrected chi connectivity index (χ3v) is 6.80. The maximum atomic E-state index is 13.2. The van der Waals surface area contributed by atoms with Crippen molar-refractivity contribution in [3.05, 3.63) is 64.1 Å². The fourth-order valence-electron chi connectivity index (χ4n) is 3.95. The van der Waals surface area contributed by atoms with Gasteiger partial charge in [-0.25, -0.2) is 4.98 Å². The molecule has 5 nitrogen and oxygen atoms in total. The van der Waals surface area contributed by atoms with E-state index in [0.717, 1.165) is 34.3 Å². The quantitative estimate of drug-likeness (QED) is 0.655. The van der Waals surface area contributed by atoms with Gasteiger partial charge in [-0.2, -0.15) is 0 Å². The van der Waals surface area contributed by atoms with Gasteiger partial charge in [0.05, 0.1) is 23.2 Å².